The van der Waals surface area contributed by atoms with Crippen molar-refractivity contribution in [3.05, 3.63) is 95.4 Å². The SMILES string of the molecule is Cc1ccnc(Nc2cc(Nc3ccc(NC(=O)CCc4cccc(Cl)c4)cc3)ncn2)c1. The summed E-state index contributed by atoms with van der Waals surface area (Å²) < 4.78 is 0. The highest BCUT2D eigenvalue weighted by Gasteiger charge is 2.05. The van der Waals surface area contributed by atoms with Crippen LogP contribution in [-0.2, 0) is 11.2 Å². The fourth-order valence-corrected chi connectivity index (χ4v) is 3.40. The number of hydrogen-bond donors (Lipinski definition) is 3. The van der Waals surface area contributed by atoms with E-state index < -0.39 is 0 Å². The third-order valence-corrected chi connectivity index (χ3v) is 5.04. The third kappa shape index (κ3) is 6.75. The van der Waals surface area contributed by atoms with Gasteiger partial charge in [-0.25, -0.2) is 15.0 Å². The van der Waals surface area contributed by atoms with Crippen molar-refractivity contribution >= 4 is 46.3 Å². The zero-order valence-corrected chi connectivity index (χ0v) is 18.8. The van der Waals surface area contributed by atoms with Gasteiger partial charge in [-0.2, -0.15) is 0 Å². The van der Waals surface area contributed by atoms with Crippen LogP contribution in [0.4, 0.5) is 28.8 Å². The minimum atomic E-state index is -0.0491. The lowest BCUT2D eigenvalue weighted by molar-refractivity contribution is -0.116. The zero-order chi connectivity index (χ0) is 23.0. The van der Waals surface area contributed by atoms with Crippen molar-refractivity contribution in [3.8, 4) is 0 Å². The first kappa shape index (κ1) is 22.2. The molecule has 0 aliphatic carbocycles. The van der Waals surface area contributed by atoms with Crippen LogP contribution in [0.25, 0.3) is 0 Å². The number of aromatic nitrogens is 3. The number of aryl methyl sites for hydroxylation is 2. The second-order valence-corrected chi connectivity index (χ2v) is 7.95. The summed E-state index contributed by atoms with van der Waals surface area (Å²) in [7, 11) is 0. The number of rotatable bonds is 8. The lowest BCUT2D eigenvalue weighted by Gasteiger charge is -2.10. The molecule has 2 aromatic heterocycles. The maximum absolute atomic E-state index is 12.3. The summed E-state index contributed by atoms with van der Waals surface area (Å²) in [6, 6.07) is 20.7. The lowest BCUT2D eigenvalue weighted by atomic mass is 10.1. The van der Waals surface area contributed by atoms with E-state index in [0.717, 1.165) is 28.3 Å². The van der Waals surface area contributed by atoms with Gasteiger partial charge in [-0.15, -0.1) is 0 Å². The first-order valence-electron chi connectivity index (χ1n) is 10.5. The second-order valence-electron chi connectivity index (χ2n) is 7.51. The number of benzene rings is 2. The van der Waals surface area contributed by atoms with Gasteiger partial charge in [0, 0.05) is 35.1 Å². The molecule has 0 unspecified atom stereocenters. The van der Waals surface area contributed by atoms with Gasteiger partial charge in [0.05, 0.1) is 0 Å². The van der Waals surface area contributed by atoms with E-state index in [1.54, 1.807) is 12.3 Å². The summed E-state index contributed by atoms with van der Waals surface area (Å²) in [5.74, 6) is 1.94. The Morgan fingerprint density at radius 1 is 0.848 bits per heavy atom. The fraction of sp³-hybridized carbons (Fsp3) is 0.120. The van der Waals surface area contributed by atoms with Crippen LogP contribution in [0.1, 0.15) is 17.5 Å². The highest BCUT2D eigenvalue weighted by Crippen LogP contribution is 2.21. The van der Waals surface area contributed by atoms with Crippen LogP contribution >= 0.6 is 11.6 Å². The molecule has 0 aliphatic heterocycles. The summed E-state index contributed by atoms with van der Waals surface area (Å²) in [5, 5.41) is 10.0. The number of amides is 1. The van der Waals surface area contributed by atoms with Crippen LogP contribution in [-0.4, -0.2) is 20.9 Å². The molecule has 7 nitrogen and oxygen atoms in total. The maximum atomic E-state index is 12.3. The van der Waals surface area contributed by atoms with E-state index >= 15 is 0 Å². The molecular weight excluding hydrogens is 436 g/mol. The molecule has 2 aromatic carbocycles. The minimum absolute atomic E-state index is 0.0491. The van der Waals surface area contributed by atoms with Gasteiger partial charge in [-0.3, -0.25) is 4.79 Å². The average molecular weight is 459 g/mol. The summed E-state index contributed by atoms with van der Waals surface area (Å²) >= 11 is 5.99. The quantitative estimate of drug-likeness (QED) is 0.305. The second kappa shape index (κ2) is 10.6. The normalized spacial score (nSPS) is 10.5. The van der Waals surface area contributed by atoms with Crippen molar-refractivity contribution in [3.63, 3.8) is 0 Å². The molecule has 0 radical (unpaired) electrons. The van der Waals surface area contributed by atoms with Gasteiger partial charge in [0.15, 0.2) is 0 Å². The first-order chi connectivity index (χ1) is 16.0. The Balaban J connectivity index is 1.31. The highest BCUT2D eigenvalue weighted by molar-refractivity contribution is 6.30. The Hall–Kier alpha value is -3.97. The number of anilines is 5. The Bertz CT molecular complexity index is 1250. The number of pyridine rings is 1. The van der Waals surface area contributed by atoms with E-state index in [-0.39, 0.29) is 5.91 Å². The van der Waals surface area contributed by atoms with Crippen LogP contribution in [0.15, 0.2) is 79.3 Å². The summed E-state index contributed by atoms with van der Waals surface area (Å²) in [4.78, 5) is 25.1. The standard InChI is InChI=1S/C25H23ClN6O/c1-17-11-12-27-22(13-17)32-24-15-23(28-16-29-24)30-20-6-8-21(9-7-20)31-25(33)10-5-18-3-2-4-19(26)14-18/h2-4,6-9,11-16H,5,10H2,1H3,(H,31,33)(H2,27,28,29,30,32). The Labute approximate surface area is 197 Å². The van der Waals surface area contributed by atoms with E-state index in [9.17, 15) is 4.79 Å². The van der Waals surface area contributed by atoms with Gasteiger partial charge in [0.25, 0.3) is 0 Å². The van der Waals surface area contributed by atoms with Crippen molar-refractivity contribution in [2.45, 2.75) is 19.8 Å². The number of nitrogens with one attached hydrogen (secondary N) is 3. The molecule has 0 aliphatic rings. The van der Waals surface area contributed by atoms with Crippen LogP contribution < -0.4 is 16.0 Å². The monoisotopic (exact) mass is 458 g/mol. The molecule has 0 spiro atoms. The summed E-state index contributed by atoms with van der Waals surface area (Å²) in [6.45, 7) is 2.01. The number of halogens is 1. The molecule has 4 rings (SSSR count). The molecule has 0 atom stereocenters. The fourth-order valence-electron chi connectivity index (χ4n) is 3.19. The number of carbonyl (C=O) groups excluding carboxylic acids is 1. The van der Waals surface area contributed by atoms with Gasteiger partial charge < -0.3 is 16.0 Å². The van der Waals surface area contributed by atoms with E-state index in [1.165, 1.54) is 6.33 Å². The topological polar surface area (TPSA) is 91.8 Å². The van der Waals surface area contributed by atoms with Crippen LogP contribution in [0, 0.1) is 6.92 Å². The number of nitrogens with zero attached hydrogens (tertiary/aromatic N) is 3. The predicted octanol–water partition coefficient (Wildman–Crippen LogP) is 5.89. The van der Waals surface area contributed by atoms with Gasteiger partial charge in [-0.05, 0) is 73.0 Å². The number of hydrogen-bond acceptors (Lipinski definition) is 6. The molecule has 3 N–H and O–H groups in total. The van der Waals surface area contributed by atoms with E-state index in [2.05, 4.69) is 30.9 Å². The van der Waals surface area contributed by atoms with Gasteiger partial charge >= 0.3 is 0 Å². The highest BCUT2D eigenvalue weighted by atomic mass is 35.5. The van der Waals surface area contributed by atoms with Crippen LogP contribution in [0.3, 0.4) is 0 Å². The lowest BCUT2D eigenvalue weighted by Crippen LogP contribution is -2.12. The van der Waals surface area contributed by atoms with Crippen LogP contribution in [0.2, 0.25) is 5.02 Å². The molecule has 1 amide bonds. The van der Waals surface area contributed by atoms with E-state index in [0.29, 0.717) is 29.5 Å². The molecular formula is C25H23ClN6O. The molecule has 0 fully saturated rings. The summed E-state index contributed by atoms with van der Waals surface area (Å²) in [5.41, 5.74) is 3.71. The zero-order valence-electron chi connectivity index (χ0n) is 18.0. The Morgan fingerprint density at radius 3 is 2.33 bits per heavy atom. The van der Waals surface area contributed by atoms with Crippen molar-refractivity contribution in [1.82, 2.24) is 15.0 Å². The Morgan fingerprint density at radius 2 is 1.58 bits per heavy atom. The smallest absolute Gasteiger partial charge is 0.224 e. The van der Waals surface area contributed by atoms with Crippen molar-refractivity contribution < 1.29 is 4.79 Å². The third-order valence-electron chi connectivity index (χ3n) is 4.81. The average Bonchev–Trinajstić information content (AvgIpc) is 2.79. The van der Waals surface area contributed by atoms with E-state index in [1.807, 2.05) is 67.6 Å². The Kier molecular flexibility index (Phi) is 7.12. The largest absolute Gasteiger partial charge is 0.340 e. The van der Waals surface area contributed by atoms with E-state index in [4.69, 9.17) is 11.6 Å². The van der Waals surface area contributed by atoms with Gasteiger partial charge in [0.1, 0.15) is 23.8 Å². The van der Waals surface area contributed by atoms with Crippen molar-refractivity contribution in [2.24, 2.45) is 0 Å². The van der Waals surface area contributed by atoms with Crippen molar-refractivity contribution in [1.29, 1.82) is 0 Å². The summed E-state index contributed by atoms with van der Waals surface area (Å²) in [6.07, 6.45) is 4.24. The maximum Gasteiger partial charge on any atom is 0.224 e. The van der Waals surface area contributed by atoms with Crippen molar-refractivity contribution in [2.75, 3.05) is 16.0 Å². The molecule has 0 saturated heterocycles. The minimum Gasteiger partial charge on any atom is -0.340 e. The molecule has 4 aromatic rings. The number of carbonyl (C=O) groups is 1. The van der Waals surface area contributed by atoms with Crippen LogP contribution in [0.5, 0.6) is 0 Å². The predicted molar refractivity (Wildman–Crippen MR) is 132 cm³/mol. The van der Waals surface area contributed by atoms with Gasteiger partial charge in [0.2, 0.25) is 5.91 Å². The molecule has 2 heterocycles. The molecule has 0 bridgehead atoms. The molecule has 0 saturated carbocycles. The molecule has 8 heteroatoms. The van der Waals surface area contributed by atoms with Gasteiger partial charge in [-0.1, -0.05) is 23.7 Å². The molecule has 166 valence electrons. The first-order valence-corrected chi connectivity index (χ1v) is 10.8. The molecule has 33 heavy (non-hydrogen) atoms.